The Balaban J connectivity index is 2.33. The highest BCUT2D eigenvalue weighted by molar-refractivity contribution is 5.68. The number of aliphatic hydroxyl groups excluding tert-OH is 1. The van der Waals surface area contributed by atoms with E-state index in [-0.39, 0.29) is 13.2 Å². The normalized spacial score (nSPS) is 33.2. The van der Waals surface area contributed by atoms with Crippen molar-refractivity contribution in [3.05, 3.63) is 0 Å². The molecule has 2 fully saturated rings. The SMILES string of the molecule is CC(=O)OC1COC(OC2COC(O)C(OC(C)=O)C2OC(C)=O)C(OC(C)=O)C1OC(C)=O. The van der Waals surface area contributed by atoms with Crippen LogP contribution in [0.15, 0.2) is 0 Å². The summed E-state index contributed by atoms with van der Waals surface area (Å²) in [6.45, 7) is 4.88. The van der Waals surface area contributed by atoms with Gasteiger partial charge in [-0.15, -0.1) is 0 Å². The molecule has 0 spiro atoms. The van der Waals surface area contributed by atoms with Gasteiger partial charge in [0.15, 0.2) is 43.1 Å². The summed E-state index contributed by atoms with van der Waals surface area (Å²) in [6.07, 6.45) is -10.8. The van der Waals surface area contributed by atoms with Crippen LogP contribution in [0.4, 0.5) is 0 Å². The summed E-state index contributed by atoms with van der Waals surface area (Å²) in [5.41, 5.74) is 0. The van der Waals surface area contributed by atoms with Crippen molar-refractivity contribution in [2.75, 3.05) is 13.2 Å². The van der Waals surface area contributed by atoms with E-state index in [1.54, 1.807) is 0 Å². The number of esters is 5. The minimum atomic E-state index is -1.62. The predicted molar refractivity (Wildman–Crippen MR) is 104 cm³/mol. The maximum atomic E-state index is 11.8. The summed E-state index contributed by atoms with van der Waals surface area (Å²) < 4.78 is 42.5. The topological polar surface area (TPSA) is 179 Å². The van der Waals surface area contributed by atoms with Gasteiger partial charge in [0.25, 0.3) is 0 Å². The second-order valence-electron chi connectivity index (χ2n) is 7.54. The lowest BCUT2D eigenvalue weighted by Gasteiger charge is -2.44. The lowest BCUT2D eigenvalue weighted by molar-refractivity contribution is -0.327. The fraction of sp³-hybridized carbons (Fsp3) is 0.750. The smallest absolute Gasteiger partial charge is 0.303 e. The predicted octanol–water partition coefficient (Wildman–Crippen LogP) is -1.26. The van der Waals surface area contributed by atoms with Gasteiger partial charge in [0.05, 0.1) is 13.2 Å². The molecule has 8 atom stereocenters. The summed E-state index contributed by atoms with van der Waals surface area (Å²) in [5, 5.41) is 10.1. The molecule has 192 valence electrons. The largest absolute Gasteiger partial charge is 0.456 e. The molecule has 2 heterocycles. The molecule has 2 rings (SSSR count). The Morgan fingerprint density at radius 1 is 0.588 bits per heavy atom. The van der Waals surface area contributed by atoms with Gasteiger partial charge in [-0.1, -0.05) is 0 Å². The Kier molecular flexibility index (Phi) is 9.73. The van der Waals surface area contributed by atoms with Crippen molar-refractivity contribution in [1.29, 1.82) is 0 Å². The Morgan fingerprint density at radius 3 is 1.50 bits per heavy atom. The molecular formula is C20H28O14. The van der Waals surface area contributed by atoms with Gasteiger partial charge >= 0.3 is 29.8 Å². The standard InChI is InChI=1S/C20H28O14/c1-8(21)29-13-7-28-20(18(33-12(5)25)16(13)31-10(3)23)34-14-6-27-19(26)17(32-11(4)24)15(14)30-9(2)22/h13-20,26H,6-7H2,1-5H3. The molecule has 2 saturated heterocycles. The highest BCUT2D eigenvalue weighted by atomic mass is 16.7. The lowest BCUT2D eigenvalue weighted by Crippen LogP contribution is -2.62. The second-order valence-corrected chi connectivity index (χ2v) is 7.54. The third kappa shape index (κ3) is 7.62. The van der Waals surface area contributed by atoms with Gasteiger partial charge < -0.3 is 43.0 Å². The zero-order chi connectivity index (χ0) is 25.6. The molecule has 2 aliphatic rings. The minimum absolute atomic E-state index is 0.304. The number of hydrogen-bond acceptors (Lipinski definition) is 14. The molecular weight excluding hydrogens is 464 g/mol. The van der Waals surface area contributed by atoms with Crippen LogP contribution in [0, 0.1) is 0 Å². The van der Waals surface area contributed by atoms with Crippen LogP contribution in [-0.2, 0) is 61.9 Å². The van der Waals surface area contributed by atoms with E-state index in [1.165, 1.54) is 0 Å². The first-order valence-corrected chi connectivity index (χ1v) is 10.3. The third-order valence-corrected chi connectivity index (χ3v) is 4.62. The van der Waals surface area contributed by atoms with Gasteiger partial charge in [0.2, 0.25) is 0 Å². The highest BCUT2D eigenvalue weighted by Gasteiger charge is 2.51. The summed E-state index contributed by atoms with van der Waals surface area (Å²) >= 11 is 0. The number of aliphatic hydroxyl groups is 1. The second kappa shape index (κ2) is 12.1. The van der Waals surface area contributed by atoms with Crippen molar-refractivity contribution < 1.29 is 67.0 Å². The lowest BCUT2D eigenvalue weighted by atomic mass is 10.0. The van der Waals surface area contributed by atoms with Crippen molar-refractivity contribution in [3.63, 3.8) is 0 Å². The number of ether oxygens (including phenoxy) is 8. The van der Waals surface area contributed by atoms with Crippen LogP contribution < -0.4 is 0 Å². The van der Waals surface area contributed by atoms with E-state index in [0.29, 0.717) is 0 Å². The van der Waals surface area contributed by atoms with Crippen molar-refractivity contribution in [2.45, 2.75) is 83.8 Å². The quantitative estimate of drug-likeness (QED) is 0.328. The van der Waals surface area contributed by atoms with Crippen molar-refractivity contribution >= 4 is 29.8 Å². The van der Waals surface area contributed by atoms with Crippen LogP contribution in [0.5, 0.6) is 0 Å². The first kappa shape index (κ1) is 27.4. The first-order chi connectivity index (χ1) is 15.9. The van der Waals surface area contributed by atoms with Crippen LogP contribution in [-0.4, -0.2) is 97.4 Å². The molecule has 0 saturated carbocycles. The van der Waals surface area contributed by atoms with E-state index >= 15 is 0 Å². The van der Waals surface area contributed by atoms with Crippen LogP contribution in [0.1, 0.15) is 34.6 Å². The van der Waals surface area contributed by atoms with Gasteiger partial charge in [-0.05, 0) is 0 Å². The highest BCUT2D eigenvalue weighted by Crippen LogP contribution is 2.30. The monoisotopic (exact) mass is 492 g/mol. The molecule has 14 heteroatoms. The Morgan fingerprint density at radius 2 is 1.00 bits per heavy atom. The van der Waals surface area contributed by atoms with Crippen molar-refractivity contribution in [1.82, 2.24) is 0 Å². The maximum absolute atomic E-state index is 11.8. The molecule has 0 radical (unpaired) electrons. The maximum Gasteiger partial charge on any atom is 0.303 e. The molecule has 8 unspecified atom stereocenters. The van der Waals surface area contributed by atoms with E-state index in [0.717, 1.165) is 34.6 Å². The summed E-state index contributed by atoms with van der Waals surface area (Å²) in [7, 11) is 0. The van der Waals surface area contributed by atoms with Crippen LogP contribution in [0.25, 0.3) is 0 Å². The molecule has 0 bridgehead atoms. The van der Waals surface area contributed by atoms with E-state index < -0.39 is 79.1 Å². The van der Waals surface area contributed by atoms with Gasteiger partial charge in [-0.3, -0.25) is 24.0 Å². The number of carbonyl (C=O) groups excluding carboxylic acids is 5. The molecule has 1 N–H and O–H groups in total. The van der Waals surface area contributed by atoms with Gasteiger partial charge in [-0.25, -0.2) is 0 Å². The summed E-state index contributed by atoms with van der Waals surface area (Å²) in [5.74, 6) is -3.78. The average molecular weight is 492 g/mol. The third-order valence-electron chi connectivity index (χ3n) is 4.62. The number of carbonyl (C=O) groups is 5. The molecule has 2 aliphatic heterocycles. The van der Waals surface area contributed by atoms with Crippen LogP contribution in [0.2, 0.25) is 0 Å². The molecule has 34 heavy (non-hydrogen) atoms. The zero-order valence-corrected chi connectivity index (χ0v) is 19.3. The Labute approximate surface area is 194 Å². The fourth-order valence-corrected chi connectivity index (χ4v) is 3.52. The minimum Gasteiger partial charge on any atom is -0.456 e. The van der Waals surface area contributed by atoms with E-state index in [2.05, 4.69) is 0 Å². The molecule has 0 aromatic rings. The van der Waals surface area contributed by atoms with Gasteiger partial charge in [0.1, 0.15) is 6.10 Å². The Bertz CT molecular complexity index is 781. The number of hydrogen-bond donors (Lipinski definition) is 1. The molecule has 0 aliphatic carbocycles. The molecule has 14 nitrogen and oxygen atoms in total. The van der Waals surface area contributed by atoms with Crippen molar-refractivity contribution in [2.24, 2.45) is 0 Å². The van der Waals surface area contributed by atoms with Crippen LogP contribution >= 0.6 is 0 Å². The molecule has 0 aromatic heterocycles. The average Bonchev–Trinajstić information content (AvgIpc) is 2.69. The first-order valence-electron chi connectivity index (χ1n) is 10.3. The van der Waals surface area contributed by atoms with Crippen molar-refractivity contribution in [3.8, 4) is 0 Å². The van der Waals surface area contributed by atoms with E-state index in [4.69, 9.17) is 37.9 Å². The zero-order valence-electron chi connectivity index (χ0n) is 19.3. The Hall–Kier alpha value is -2.81. The van der Waals surface area contributed by atoms with Gasteiger partial charge in [0, 0.05) is 34.6 Å². The number of rotatable bonds is 7. The summed E-state index contributed by atoms with van der Waals surface area (Å²) in [4.78, 5) is 58.1. The van der Waals surface area contributed by atoms with E-state index in [9.17, 15) is 29.1 Å². The van der Waals surface area contributed by atoms with E-state index in [1.807, 2.05) is 0 Å². The fourth-order valence-electron chi connectivity index (χ4n) is 3.52. The molecule has 0 aromatic carbocycles. The van der Waals surface area contributed by atoms with Gasteiger partial charge in [-0.2, -0.15) is 0 Å². The van der Waals surface area contributed by atoms with Crippen LogP contribution in [0.3, 0.4) is 0 Å². The molecule has 0 amide bonds. The summed E-state index contributed by atoms with van der Waals surface area (Å²) in [6, 6.07) is 0.